The molecule has 0 aromatic carbocycles. The summed E-state index contributed by atoms with van der Waals surface area (Å²) in [5.74, 6) is -6.07. The van der Waals surface area contributed by atoms with Gasteiger partial charge in [-0.15, -0.1) is 0 Å². The van der Waals surface area contributed by atoms with Crippen molar-refractivity contribution < 1.29 is 17.6 Å². The Morgan fingerprint density at radius 1 is 0.944 bits per heavy atom. The first-order valence-corrected chi connectivity index (χ1v) is 5.95. The molecule has 0 spiro atoms. The van der Waals surface area contributed by atoms with Crippen LogP contribution in [0.1, 0.15) is 32.1 Å². The molecule has 100 valence electrons. The summed E-state index contributed by atoms with van der Waals surface area (Å²) in [6, 6.07) is -0.0936. The normalized spacial score (nSPS) is 16.9. The van der Waals surface area contributed by atoms with Gasteiger partial charge in [0.25, 0.3) is 11.9 Å². The molecule has 0 atom stereocenters. The molecule has 1 aromatic heterocycles. The lowest BCUT2D eigenvalue weighted by atomic mass is 9.94. The third-order valence-corrected chi connectivity index (χ3v) is 3.45. The topological polar surface area (TPSA) is 16.1 Å². The van der Waals surface area contributed by atoms with E-state index in [0.717, 1.165) is 32.1 Å². The van der Waals surface area contributed by atoms with Crippen molar-refractivity contribution in [3.05, 3.63) is 23.5 Å². The quantitative estimate of drug-likeness (QED) is 0.600. The number of nitrogens with zero attached hydrogens (tertiary/aromatic N) is 2. The van der Waals surface area contributed by atoms with E-state index in [4.69, 9.17) is 0 Å². The highest BCUT2D eigenvalue weighted by Crippen LogP contribution is 2.31. The van der Waals surface area contributed by atoms with Crippen LogP contribution in [0.3, 0.4) is 0 Å². The zero-order chi connectivity index (χ0) is 13.3. The van der Waals surface area contributed by atoms with Gasteiger partial charge < -0.3 is 4.90 Å². The Kier molecular flexibility index (Phi) is 3.73. The van der Waals surface area contributed by atoms with Crippen LogP contribution in [0, 0.1) is 23.5 Å². The fourth-order valence-corrected chi connectivity index (χ4v) is 2.44. The van der Waals surface area contributed by atoms with E-state index in [1.54, 1.807) is 0 Å². The van der Waals surface area contributed by atoms with Crippen molar-refractivity contribution in [1.29, 1.82) is 0 Å². The monoisotopic (exact) mass is 262 g/mol. The van der Waals surface area contributed by atoms with Crippen molar-refractivity contribution in [2.45, 2.75) is 38.1 Å². The van der Waals surface area contributed by atoms with Crippen LogP contribution in [0.5, 0.6) is 0 Å². The number of hydrogen-bond acceptors (Lipinski definition) is 2. The Morgan fingerprint density at radius 2 is 1.44 bits per heavy atom. The zero-order valence-electron chi connectivity index (χ0n) is 10.0. The van der Waals surface area contributed by atoms with Gasteiger partial charge in [-0.2, -0.15) is 22.5 Å². The molecule has 1 heterocycles. The summed E-state index contributed by atoms with van der Waals surface area (Å²) >= 11 is 0. The average Bonchev–Trinajstić information content (AvgIpc) is 2.37. The third kappa shape index (κ3) is 2.28. The van der Waals surface area contributed by atoms with Gasteiger partial charge in [0.15, 0.2) is 0 Å². The maximum absolute atomic E-state index is 13.6. The van der Waals surface area contributed by atoms with E-state index in [1.165, 1.54) is 11.9 Å². The standard InChI is InChI=1S/C12H14F4N2/c1-18(7-5-3-2-4-6-7)10-8(13)11(15)17-12(16)9(10)14/h7H,2-6H2,1H3. The number of hydrogen-bond donors (Lipinski definition) is 0. The van der Waals surface area contributed by atoms with Crippen molar-refractivity contribution >= 4 is 5.69 Å². The smallest absolute Gasteiger partial charge is 0.253 e. The first-order valence-electron chi connectivity index (χ1n) is 5.95. The Balaban J connectivity index is 2.37. The Bertz CT molecular complexity index is 418. The highest BCUT2D eigenvalue weighted by atomic mass is 19.2. The van der Waals surface area contributed by atoms with Crippen molar-refractivity contribution in [3.8, 4) is 0 Å². The highest BCUT2D eigenvalue weighted by molar-refractivity contribution is 5.48. The first kappa shape index (κ1) is 13.1. The fourth-order valence-electron chi connectivity index (χ4n) is 2.44. The minimum atomic E-state index is -1.61. The van der Waals surface area contributed by atoms with E-state index in [2.05, 4.69) is 4.98 Å². The molecular formula is C12H14F4N2. The Morgan fingerprint density at radius 3 is 1.94 bits per heavy atom. The molecule has 1 fully saturated rings. The molecule has 0 saturated heterocycles. The number of pyridine rings is 1. The van der Waals surface area contributed by atoms with Crippen LogP contribution in [-0.4, -0.2) is 18.1 Å². The molecule has 1 aliphatic rings. The lowest BCUT2D eigenvalue weighted by Crippen LogP contribution is -2.35. The van der Waals surface area contributed by atoms with Crippen LogP contribution in [0.4, 0.5) is 23.2 Å². The van der Waals surface area contributed by atoms with Crippen molar-refractivity contribution in [3.63, 3.8) is 0 Å². The van der Waals surface area contributed by atoms with Crippen LogP contribution in [0.2, 0.25) is 0 Å². The molecule has 0 aliphatic heterocycles. The predicted octanol–water partition coefficient (Wildman–Crippen LogP) is 3.41. The van der Waals surface area contributed by atoms with E-state index >= 15 is 0 Å². The van der Waals surface area contributed by atoms with Crippen LogP contribution >= 0.6 is 0 Å². The van der Waals surface area contributed by atoms with Crippen molar-refractivity contribution in [2.75, 3.05) is 11.9 Å². The van der Waals surface area contributed by atoms with E-state index in [9.17, 15) is 17.6 Å². The first-order chi connectivity index (χ1) is 8.52. The van der Waals surface area contributed by atoms with Crippen molar-refractivity contribution in [1.82, 2.24) is 4.98 Å². The second kappa shape index (κ2) is 5.12. The molecule has 2 nitrogen and oxygen atoms in total. The van der Waals surface area contributed by atoms with Crippen molar-refractivity contribution in [2.24, 2.45) is 0 Å². The van der Waals surface area contributed by atoms with E-state index in [0.29, 0.717) is 0 Å². The van der Waals surface area contributed by atoms with Crippen LogP contribution in [-0.2, 0) is 0 Å². The summed E-state index contributed by atoms with van der Waals surface area (Å²) in [6.07, 6.45) is 4.51. The molecule has 0 bridgehead atoms. The SMILES string of the molecule is CN(c1c(F)c(F)nc(F)c1F)C1CCCCC1. The van der Waals surface area contributed by atoms with E-state index in [1.807, 2.05) is 0 Å². The largest absolute Gasteiger partial charge is 0.367 e. The van der Waals surface area contributed by atoms with Gasteiger partial charge in [-0.1, -0.05) is 19.3 Å². The summed E-state index contributed by atoms with van der Waals surface area (Å²) in [7, 11) is 1.45. The van der Waals surface area contributed by atoms with Gasteiger partial charge in [0, 0.05) is 13.1 Å². The van der Waals surface area contributed by atoms with Gasteiger partial charge in [-0.05, 0) is 12.8 Å². The maximum atomic E-state index is 13.6. The Labute approximate surface area is 103 Å². The number of anilines is 1. The lowest BCUT2D eigenvalue weighted by Gasteiger charge is -2.33. The summed E-state index contributed by atoms with van der Waals surface area (Å²) < 4.78 is 53.2. The molecule has 0 amide bonds. The summed E-state index contributed by atoms with van der Waals surface area (Å²) in [5.41, 5.74) is -0.660. The van der Waals surface area contributed by atoms with Gasteiger partial charge in [0.1, 0.15) is 5.69 Å². The molecule has 1 aromatic rings. The predicted molar refractivity (Wildman–Crippen MR) is 59.3 cm³/mol. The van der Waals surface area contributed by atoms with Gasteiger partial charge >= 0.3 is 0 Å². The summed E-state index contributed by atoms with van der Waals surface area (Å²) in [6.45, 7) is 0. The van der Waals surface area contributed by atoms with E-state index < -0.39 is 29.2 Å². The van der Waals surface area contributed by atoms with Crippen LogP contribution < -0.4 is 4.90 Å². The van der Waals surface area contributed by atoms with Crippen LogP contribution in [0.25, 0.3) is 0 Å². The molecule has 0 N–H and O–H groups in total. The molecule has 0 radical (unpaired) electrons. The maximum Gasteiger partial charge on any atom is 0.253 e. The number of aromatic nitrogens is 1. The molecule has 1 aliphatic carbocycles. The zero-order valence-corrected chi connectivity index (χ0v) is 10.0. The lowest BCUT2D eigenvalue weighted by molar-refractivity contribution is 0.388. The second-order valence-electron chi connectivity index (χ2n) is 4.57. The van der Waals surface area contributed by atoms with Gasteiger partial charge in [-0.25, -0.2) is 0 Å². The van der Waals surface area contributed by atoms with Gasteiger partial charge in [0.05, 0.1) is 0 Å². The Hall–Kier alpha value is -1.33. The number of rotatable bonds is 2. The molecular weight excluding hydrogens is 248 g/mol. The second-order valence-corrected chi connectivity index (χ2v) is 4.57. The number of halogens is 4. The molecule has 18 heavy (non-hydrogen) atoms. The summed E-state index contributed by atoms with van der Waals surface area (Å²) in [4.78, 5) is 3.84. The van der Waals surface area contributed by atoms with Crippen LogP contribution in [0.15, 0.2) is 0 Å². The minimum Gasteiger partial charge on any atom is -0.367 e. The fraction of sp³-hybridized carbons (Fsp3) is 0.583. The average molecular weight is 262 g/mol. The minimum absolute atomic E-state index is 0.0936. The molecule has 1 saturated carbocycles. The van der Waals surface area contributed by atoms with Gasteiger partial charge in [-0.3, -0.25) is 0 Å². The highest BCUT2D eigenvalue weighted by Gasteiger charge is 2.28. The summed E-state index contributed by atoms with van der Waals surface area (Å²) in [5, 5.41) is 0. The molecule has 0 unspecified atom stereocenters. The molecule has 6 heteroatoms. The molecule has 2 rings (SSSR count). The van der Waals surface area contributed by atoms with Gasteiger partial charge in [0.2, 0.25) is 11.6 Å². The van der Waals surface area contributed by atoms with E-state index in [-0.39, 0.29) is 6.04 Å². The third-order valence-electron chi connectivity index (χ3n) is 3.45.